The average molecular weight is 230 g/mol. The molecule has 6 nitrogen and oxygen atoms in total. The maximum atomic E-state index is 11.2. The maximum absolute atomic E-state index is 11.2. The molecule has 0 fully saturated rings. The Bertz CT molecular complexity index is 229. The van der Waals surface area contributed by atoms with E-state index in [-0.39, 0.29) is 11.7 Å². The third kappa shape index (κ3) is 8.05. The van der Waals surface area contributed by atoms with E-state index in [0.717, 1.165) is 19.4 Å². The summed E-state index contributed by atoms with van der Waals surface area (Å²) in [4.78, 5) is 12.8. The molecule has 6 heteroatoms. The fourth-order valence-electron chi connectivity index (χ4n) is 1.15. The second-order valence-corrected chi connectivity index (χ2v) is 3.84. The van der Waals surface area contributed by atoms with Gasteiger partial charge in [0.15, 0.2) is 0 Å². The first-order valence-corrected chi connectivity index (χ1v) is 5.45. The highest BCUT2D eigenvalue weighted by atomic mass is 16.4. The molecule has 0 rings (SSSR count). The number of carbonyl (C=O) groups excluding carboxylic acids is 1. The highest BCUT2D eigenvalue weighted by molar-refractivity contribution is 5.79. The Kier molecular flexibility index (Phi) is 8.24. The summed E-state index contributed by atoms with van der Waals surface area (Å²) in [5, 5.41) is 14.4. The van der Waals surface area contributed by atoms with Gasteiger partial charge in [-0.1, -0.05) is 5.16 Å². The molecule has 0 heterocycles. The van der Waals surface area contributed by atoms with Crippen molar-refractivity contribution in [1.29, 1.82) is 0 Å². The van der Waals surface area contributed by atoms with Gasteiger partial charge in [-0.3, -0.25) is 4.79 Å². The molecule has 0 aromatic heterocycles. The van der Waals surface area contributed by atoms with Crippen molar-refractivity contribution in [3.63, 3.8) is 0 Å². The van der Waals surface area contributed by atoms with Crippen LogP contribution in [-0.2, 0) is 4.79 Å². The predicted molar refractivity (Wildman–Crippen MR) is 63.4 cm³/mol. The minimum absolute atomic E-state index is 0.129. The Balaban J connectivity index is 3.25. The lowest BCUT2D eigenvalue weighted by Gasteiger charge is -2.10. The molecule has 0 aromatic carbocycles. The fourth-order valence-corrected chi connectivity index (χ4v) is 1.15. The van der Waals surface area contributed by atoms with Crippen molar-refractivity contribution in [1.82, 2.24) is 10.2 Å². The van der Waals surface area contributed by atoms with Crippen molar-refractivity contribution in [3.8, 4) is 0 Å². The highest BCUT2D eigenvalue weighted by Gasteiger charge is 2.01. The van der Waals surface area contributed by atoms with Gasteiger partial charge in [0.1, 0.15) is 5.84 Å². The molecule has 0 radical (unpaired) electrons. The van der Waals surface area contributed by atoms with Crippen LogP contribution in [0.4, 0.5) is 0 Å². The molecule has 0 atom stereocenters. The summed E-state index contributed by atoms with van der Waals surface area (Å²) in [6.07, 6.45) is 2.96. The van der Waals surface area contributed by atoms with E-state index in [1.807, 2.05) is 0 Å². The van der Waals surface area contributed by atoms with E-state index in [4.69, 9.17) is 10.9 Å². The maximum Gasteiger partial charge on any atom is 0.223 e. The Morgan fingerprint density at radius 1 is 1.31 bits per heavy atom. The topological polar surface area (TPSA) is 91.0 Å². The van der Waals surface area contributed by atoms with E-state index < -0.39 is 0 Å². The predicted octanol–water partition coefficient (Wildman–Crippen LogP) is -0.0290. The first kappa shape index (κ1) is 14.7. The van der Waals surface area contributed by atoms with Gasteiger partial charge in [-0.25, -0.2) is 0 Å². The number of unbranched alkanes of at least 4 members (excludes halogenated alkanes) is 1. The van der Waals surface area contributed by atoms with Crippen molar-refractivity contribution in [2.24, 2.45) is 10.9 Å². The van der Waals surface area contributed by atoms with Gasteiger partial charge in [-0.2, -0.15) is 0 Å². The van der Waals surface area contributed by atoms with Gasteiger partial charge in [0, 0.05) is 33.5 Å². The summed E-state index contributed by atoms with van der Waals surface area (Å²) in [5.41, 5.74) is 5.32. The van der Waals surface area contributed by atoms with Crippen LogP contribution in [0.3, 0.4) is 0 Å². The molecule has 0 saturated carbocycles. The van der Waals surface area contributed by atoms with Crippen LogP contribution in [0.25, 0.3) is 0 Å². The normalized spacial score (nSPS) is 11.5. The standard InChI is InChI=1S/C10H22N4O2/c1-14(2)10(15)6-8-12-7-4-3-5-9(11)13-16/h12,16H,3-8H2,1-2H3,(H2,11,13). The van der Waals surface area contributed by atoms with Crippen LogP contribution in [0.15, 0.2) is 5.16 Å². The number of nitrogens with one attached hydrogen (secondary N) is 1. The van der Waals surface area contributed by atoms with Crippen LogP contribution in [0.1, 0.15) is 25.7 Å². The van der Waals surface area contributed by atoms with Gasteiger partial charge in [0.25, 0.3) is 0 Å². The molecule has 0 spiro atoms. The molecule has 0 aliphatic heterocycles. The number of rotatable bonds is 8. The first-order chi connectivity index (χ1) is 7.57. The van der Waals surface area contributed by atoms with Crippen LogP contribution >= 0.6 is 0 Å². The lowest BCUT2D eigenvalue weighted by molar-refractivity contribution is -0.128. The van der Waals surface area contributed by atoms with Crippen LogP contribution in [0, 0.1) is 0 Å². The van der Waals surface area contributed by atoms with Gasteiger partial charge in [0.2, 0.25) is 5.91 Å². The second-order valence-electron chi connectivity index (χ2n) is 3.84. The van der Waals surface area contributed by atoms with Gasteiger partial charge < -0.3 is 21.2 Å². The molecule has 0 saturated heterocycles. The summed E-state index contributed by atoms with van der Waals surface area (Å²) in [6, 6.07) is 0. The first-order valence-electron chi connectivity index (χ1n) is 5.45. The smallest absolute Gasteiger partial charge is 0.223 e. The summed E-state index contributed by atoms with van der Waals surface area (Å²) in [6.45, 7) is 1.54. The van der Waals surface area contributed by atoms with Gasteiger partial charge in [-0.15, -0.1) is 0 Å². The van der Waals surface area contributed by atoms with E-state index in [1.165, 1.54) is 0 Å². The monoisotopic (exact) mass is 230 g/mol. The largest absolute Gasteiger partial charge is 0.409 e. The molecule has 0 unspecified atom stereocenters. The quantitative estimate of drug-likeness (QED) is 0.179. The van der Waals surface area contributed by atoms with Gasteiger partial charge >= 0.3 is 0 Å². The number of oxime groups is 1. The van der Waals surface area contributed by atoms with Crippen LogP contribution in [-0.4, -0.2) is 49.0 Å². The van der Waals surface area contributed by atoms with E-state index in [0.29, 0.717) is 19.4 Å². The van der Waals surface area contributed by atoms with Crippen molar-refractivity contribution in [3.05, 3.63) is 0 Å². The molecule has 1 amide bonds. The Labute approximate surface area is 96.5 Å². The summed E-state index contributed by atoms with van der Waals surface area (Å²) in [5.74, 6) is 0.395. The van der Waals surface area contributed by atoms with Gasteiger partial charge in [0.05, 0.1) is 0 Å². The third-order valence-electron chi connectivity index (χ3n) is 2.18. The number of amidine groups is 1. The van der Waals surface area contributed by atoms with Crippen molar-refractivity contribution < 1.29 is 10.0 Å². The summed E-state index contributed by atoms with van der Waals surface area (Å²) < 4.78 is 0. The number of nitrogens with zero attached hydrogens (tertiary/aromatic N) is 2. The minimum atomic E-state index is 0.129. The molecule has 0 bridgehead atoms. The van der Waals surface area contributed by atoms with Crippen molar-refractivity contribution in [2.75, 3.05) is 27.2 Å². The summed E-state index contributed by atoms with van der Waals surface area (Å²) in [7, 11) is 3.50. The second kappa shape index (κ2) is 8.96. The van der Waals surface area contributed by atoms with Crippen molar-refractivity contribution >= 4 is 11.7 Å². The van der Waals surface area contributed by atoms with E-state index >= 15 is 0 Å². The van der Waals surface area contributed by atoms with E-state index in [9.17, 15) is 4.79 Å². The number of nitrogens with two attached hydrogens (primary N) is 1. The lowest BCUT2D eigenvalue weighted by Crippen LogP contribution is -2.27. The Morgan fingerprint density at radius 2 is 2.00 bits per heavy atom. The minimum Gasteiger partial charge on any atom is -0.409 e. The van der Waals surface area contributed by atoms with Crippen LogP contribution in [0.5, 0.6) is 0 Å². The van der Waals surface area contributed by atoms with Crippen LogP contribution < -0.4 is 11.1 Å². The zero-order valence-electron chi connectivity index (χ0n) is 10.1. The zero-order valence-corrected chi connectivity index (χ0v) is 10.1. The number of hydrogen-bond acceptors (Lipinski definition) is 4. The molecular formula is C10H22N4O2. The summed E-state index contributed by atoms with van der Waals surface area (Å²) >= 11 is 0. The molecule has 16 heavy (non-hydrogen) atoms. The highest BCUT2D eigenvalue weighted by Crippen LogP contribution is 1.94. The molecule has 0 aliphatic carbocycles. The van der Waals surface area contributed by atoms with Gasteiger partial charge in [-0.05, 0) is 19.4 Å². The van der Waals surface area contributed by atoms with Crippen molar-refractivity contribution in [2.45, 2.75) is 25.7 Å². The number of amides is 1. The fraction of sp³-hybridized carbons (Fsp3) is 0.800. The molecule has 94 valence electrons. The third-order valence-corrected chi connectivity index (χ3v) is 2.18. The van der Waals surface area contributed by atoms with E-state index in [1.54, 1.807) is 19.0 Å². The van der Waals surface area contributed by atoms with Crippen LogP contribution in [0.2, 0.25) is 0 Å². The SMILES string of the molecule is CN(C)C(=O)CCNCCCCC(N)=NO. The zero-order chi connectivity index (χ0) is 12.4. The molecular weight excluding hydrogens is 208 g/mol. The molecule has 4 N–H and O–H groups in total. The Morgan fingerprint density at radius 3 is 2.56 bits per heavy atom. The van der Waals surface area contributed by atoms with E-state index in [2.05, 4.69) is 10.5 Å². The number of carbonyl (C=O) groups is 1. The average Bonchev–Trinajstić information content (AvgIpc) is 2.26. The Hall–Kier alpha value is -1.30. The lowest BCUT2D eigenvalue weighted by atomic mass is 10.2. The number of hydrogen-bond donors (Lipinski definition) is 3. The molecule has 0 aromatic rings. The molecule has 0 aliphatic rings.